The van der Waals surface area contributed by atoms with Gasteiger partial charge in [0.25, 0.3) is 11.8 Å². The maximum Gasteiger partial charge on any atom is 0.270 e. The van der Waals surface area contributed by atoms with Gasteiger partial charge >= 0.3 is 0 Å². The molecule has 1 saturated carbocycles. The lowest BCUT2D eigenvalue weighted by atomic mass is 9.94. The molecule has 3 aromatic rings. The first-order valence-corrected chi connectivity index (χ1v) is 14.0. The summed E-state index contributed by atoms with van der Waals surface area (Å²) in [5, 5.41) is 3.58. The first-order chi connectivity index (χ1) is 19.2. The van der Waals surface area contributed by atoms with Gasteiger partial charge in [0.05, 0.1) is 19.9 Å². The number of primary amides is 1. The quantitative estimate of drug-likeness (QED) is 0.320. The van der Waals surface area contributed by atoms with E-state index < -0.39 is 17.9 Å². The number of carbonyl (C=O) groups excluding carboxylic acids is 3. The van der Waals surface area contributed by atoms with Gasteiger partial charge in [0.1, 0.15) is 10.9 Å². The molecule has 1 aromatic heterocycles. The average molecular weight is 586 g/mol. The summed E-state index contributed by atoms with van der Waals surface area (Å²) < 4.78 is 14.9. The van der Waals surface area contributed by atoms with Crippen molar-refractivity contribution in [2.75, 3.05) is 20.0 Å². The Bertz CT molecular complexity index is 1390. The second kappa shape index (κ2) is 13.0. The lowest BCUT2D eigenvalue weighted by Crippen LogP contribution is -2.46. The SMILES string of the molecule is COc1ccc(C(C(=O)NC2CCCCC2)N(Cc2ccccc2Cl)C(=O)c2snc(C(N)=O)c2N)cc1OC. The minimum absolute atomic E-state index is 0.00297. The molecular formula is C28H32ClN5O5S. The van der Waals surface area contributed by atoms with Crippen LogP contribution in [-0.4, -0.2) is 47.3 Å². The molecule has 0 radical (unpaired) electrons. The molecule has 0 bridgehead atoms. The maximum atomic E-state index is 14.2. The predicted molar refractivity (Wildman–Crippen MR) is 154 cm³/mol. The van der Waals surface area contributed by atoms with E-state index in [0.29, 0.717) is 27.6 Å². The first-order valence-electron chi connectivity index (χ1n) is 12.9. The number of hydrogen-bond acceptors (Lipinski definition) is 8. The van der Waals surface area contributed by atoms with Gasteiger partial charge in [-0.2, -0.15) is 4.37 Å². The van der Waals surface area contributed by atoms with Gasteiger partial charge in [-0.3, -0.25) is 14.4 Å². The number of benzene rings is 2. The van der Waals surface area contributed by atoms with E-state index >= 15 is 0 Å². The van der Waals surface area contributed by atoms with Gasteiger partial charge in [0, 0.05) is 17.6 Å². The number of nitrogens with one attached hydrogen (secondary N) is 1. The standard InChI is InChI=1S/C28H32ClN5O5S/c1-38-20-13-12-16(14-21(20)39-2)24(27(36)32-18-9-4-3-5-10-18)34(15-17-8-6-7-11-19(17)29)28(37)25-22(30)23(26(31)35)33-40-25/h6-8,11-14,18,24H,3-5,9-10,15,30H2,1-2H3,(H2,31,35)(H,32,36). The van der Waals surface area contributed by atoms with Gasteiger partial charge in [-0.15, -0.1) is 0 Å². The number of nitrogen functional groups attached to an aromatic ring is 1. The van der Waals surface area contributed by atoms with Crippen LogP contribution in [0.25, 0.3) is 0 Å². The van der Waals surface area contributed by atoms with Crippen molar-refractivity contribution in [2.24, 2.45) is 5.73 Å². The number of nitrogens with two attached hydrogens (primary N) is 2. The highest BCUT2D eigenvalue weighted by Gasteiger charge is 2.36. The third-order valence-electron chi connectivity index (χ3n) is 6.95. The predicted octanol–water partition coefficient (Wildman–Crippen LogP) is 4.33. The van der Waals surface area contributed by atoms with E-state index in [4.69, 9.17) is 32.5 Å². The number of rotatable bonds is 10. The fourth-order valence-corrected chi connectivity index (χ4v) is 5.83. The summed E-state index contributed by atoms with van der Waals surface area (Å²) in [5.41, 5.74) is 12.3. The second-order valence-corrected chi connectivity index (χ2v) is 10.7. The van der Waals surface area contributed by atoms with E-state index in [-0.39, 0.29) is 34.8 Å². The van der Waals surface area contributed by atoms with Crippen molar-refractivity contribution >= 4 is 46.5 Å². The normalized spacial score (nSPS) is 14.3. The molecule has 10 nitrogen and oxygen atoms in total. The van der Waals surface area contributed by atoms with E-state index in [1.165, 1.54) is 19.1 Å². The minimum Gasteiger partial charge on any atom is -0.493 e. The second-order valence-electron chi connectivity index (χ2n) is 9.52. The number of amides is 3. The summed E-state index contributed by atoms with van der Waals surface area (Å²) in [7, 11) is 3.01. The zero-order valence-corrected chi connectivity index (χ0v) is 23.9. The number of halogens is 1. The lowest BCUT2D eigenvalue weighted by Gasteiger charge is -2.33. The minimum atomic E-state index is -1.11. The van der Waals surface area contributed by atoms with Crippen LogP contribution in [0.4, 0.5) is 5.69 Å². The molecule has 1 aliphatic rings. The molecule has 0 saturated heterocycles. The molecule has 12 heteroatoms. The Morgan fingerprint density at radius 1 is 1.10 bits per heavy atom. The van der Waals surface area contributed by atoms with Crippen molar-refractivity contribution < 1.29 is 23.9 Å². The van der Waals surface area contributed by atoms with Crippen LogP contribution in [0, 0.1) is 0 Å². The molecule has 1 atom stereocenters. The highest BCUT2D eigenvalue weighted by atomic mass is 35.5. The number of anilines is 1. The van der Waals surface area contributed by atoms with Crippen molar-refractivity contribution in [3.05, 3.63) is 69.2 Å². The van der Waals surface area contributed by atoms with E-state index in [9.17, 15) is 14.4 Å². The summed E-state index contributed by atoms with van der Waals surface area (Å²) in [6.45, 7) is -0.0289. The molecule has 40 heavy (non-hydrogen) atoms. The van der Waals surface area contributed by atoms with Crippen LogP contribution in [0.5, 0.6) is 11.5 Å². The molecule has 2 aromatic carbocycles. The van der Waals surface area contributed by atoms with Crippen LogP contribution < -0.4 is 26.3 Å². The number of aromatic nitrogens is 1. The van der Waals surface area contributed by atoms with Gasteiger partial charge in [-0.25, -0.2) is 0 Å². The number of nitrogens with zero attached hydrogens (tertiary/aromatic N) is 2. The van der Waals surface area contributed by atoms with Crippen LogP contribution in [0.15, 0.2) is 42.5 Å². The highest BCUT2D eigenvalue weighted by Crippen LogP contribution is 2.36. The van der Waals surface area contributed by atoms with E-state index in [0.717, 1.165) is 43.6 Å². The van der Waals surface area contributed by atoms with Crippen LogP contribution in [-0.2, 0) is 11.3 Å². The number of hydrogen-bond donors (Lipinski definition) is 3. The molecule has 1 fully saturated rings. The van der Waals surface area contributed by atoms with Gasteiger partial charge in [-0.05, 0) is 53.7 Å². The molecule has 1 aliphatic carbocycles. The summed E-state index contributed by atoms with van der Waals surface area (Å²) in [5.74, 6) is -0.941. The van der Waals surface area contributed by atoms with Crippen molar-refractivity contribution in [1.82, 2.24) is 14.6 Å². The first kappa shape index (κ1) is 29.2. The van der Waals surface area contributed by atoms with Crippen LogP contribution in [0.2, 0.25) is 5.02 Å². The topological polar surface area (TPSA) is 150 Å². The van der Waals surface area contributed by atoms with E-state index in [2.05, 4.69) is 9.69 Å². The van der Waals surface area contributed by atoms with Gasteiger partial charge < -0.3 is 31.2 Å². The smallest absolute Gasteiger partial charge is 0.270 e. The zero-order valence-electron chi connectivity index (χ0n) is 22.3. The molecule has 3 amide bonds. The molecule has 0 aliphatic heterocycles. The van der Waals surface area contributed by atoms with Crippen molar-refractivity contribution in [2.45, 2.75) is 50.7 Å². The third kappa shape index (κ3) is 6.31. The van der Waals surface area contributed by atoms with Crippen LogP contribution in [0.3, 0.4) is 0 Å². The van der Waals surface area contributed by atoms with E-state index in [1.54, 1.807) is 42.5 Å². The zero-order chi connectivity index (χ0) is 28.8. The molecule has 5 N–H and O–H groups in total. The number of carbonyl (C=O) groups is 3. The van der Waals surface area contributed by atoms with Gasteiger partial charge in [-0.1, -0.05) is 55.1 Å². The molecule has 212 valence electrons. The summed E-state index contributed by atoms with van der Waals surface area (Å²) in [4.78, 5) is 41.5. The number of methoxy groups -OCH3 is 2. The van der Waals surface area contributed by atoms with Gasteiger partial charge in [0.15, 0.2) is 17.2 Å². The Hall–Kier alpha value is -3.83. The average Bonchev–Trinajstić information content (AvgIpc) is 3.35. The molecule has 1 unspecified atom stereocenters. The molecular weight excluding hydrogens is 554 g/mol. The number of ether oxygens (including phenoxy) is 2. The summed E-state index contributed by atoms with van der Waals surface area (Å²) in [6, 6.07) is 11.0. The lowest BCUT2D eigenvalue weighted by molar-refractivity contribution is -0.127. The maximum absolute atomic E-state index is 14.2. The molecule has 4 rings (SSSR count). The fraction of sp³-hybridized carbons (Fsp3) is 0.357. The highest BCUT2D eigenvalue weighted by molar-refractivity contribution is 7.09. The Balaban J connectivity index is 1.85. The summed E-state index contributed by atoms with van der Waals surface area (Å²) >= 11 is 7.25. The Kier molecular flexibility index (Phi) is 9.49. The Labute approximate surface area is 241 Å². The largest absolute Gasteiger partial charge is 0.493 e. The Morgan fingerprint density at radius 2 is 1.80 bits per heavy atom. The van der Waals surface area contributed by atoms with Gasteiger partial charge in [0.2, 0.25) is 5.91 Å². The van der Waals surface area contributed by atoms with Crippen LogP contribution in [0.1, 0.15) is 69.4 Å². The van der Waals surface area contributed by atoms with Crippen LogP contribution >= 0.6 is 23.1 Å². The van der Waals surface area contributed by atoms with E-state index in [1.807, 2.05) is 0 Å². The molecule has 1 heterocycles. The molecule has 0 spiro atoms. The monoisotopic (exact) mass is 585 g/mol. The van der Waals surface area contributed by atoms with Crippen molar-refractivity contribution in [3.8, 4) is 11.5 Å². The third-order valence-corrected chi connectivity index (χ3v) is 8.17. The fourth-order valence-electron chi connectivity index (χ4n) is 4.87. The Morgan fingerprint density at radius 3 is 2.42 bits per heavy atom. The van der Waals surface area contributed by atoms with Crippen molar-refractivity contribution in [3.63, 3.8) is 0 Å². The summed E-state index contributed by atoms with van der Waals surface area (Å²) in [6.07, 6.45) is 4.86. The van der Waals surface area contributed by atoms with Crippen molar-refractivity contribution in [1.29, 1.82) is 0 Å².